The van der Waals surface area contributed by atoms with Crippen molar-refractivity contribution in [1.29, 1.82) is 0 Å². The predicted octanol–water partition coefficient (Wildman–Crippen LogP) is 1.77. The molecule has 0 radical (unpaired) electrons. The van der Waals surface area contributed by atoms with E-state index in [1.807, 2.05) is 0 Å². The van der Waals surface area contributed by atoms with Crippen LogP contribution in [-0.4, -0.2) is 20.2 Å². The van der Waals surface area contributed by atoms with Crippen molar-refractivity contribution in [1.82, 2.24) is 9.13 Å². The van der Waals surface area contributed by atoms with Gasteiger partial charge in [0.1, 0.15) is 4.91 Å². The van der Waals surface area contributed by atoms with Gasteiger partial charge in [0, 0.05) is 23.2 Å². The van der Waals surface area contributed by atoms with Gasteiger partial charge in [-0.25, -0.2) is 18.4 Å². The number of hydrogen-bond donors (Lipinski definition) is 1. The minimum atomic E-state index is -1.17. The summed E-state index contributed by atoms with van der Waals surface area (Å²) in [5.74, 6) is -3.09. The largest absolute Gasteiger partial charge is 0.477 e. The summed E-state index contributed by atoms with van der Waals surface area (Å²) in [4.78, 5) is 36.2. The first kappa shape index (κ1) is 17.2. The van der Waals surface area contributed by atoms with E-state index in [4.69, 9.17) is 5.11 Å². The van der Waals surface area contributed by atoms with Gasteiger partial charge in [-0.05, 0) is 24.6 Å². The van der Waals surface area contributed by atoms with Crippen molar-refractivity contribution in [3.8, 4) is 0 Å². The van der Waals surface area contributed by atoms with Crippen LogP contribution in [0.1, 0.15) is 16.8 Å². The standard InChI is InChI=1S/C16H12F2N2O4S/c1-8-12-7-25-13(15(22)23)6-19(12)16(24)20(14(8)21)5-9-2-3-10(17)11(18)4-9/h2-4,6H,5,7H2,1H3,(H,22,23). The lowest BCUT2D eigenvalue weighted by molar-refractivity contribution is -0.131. The van der Waals surface area contributed by atoms with Crippen molar-refractivity contribution in [2.75, 3.05) is 0 Å². The Morgan fingerprint density at radius 3 is 2.64 bits per heavy atom. The van der Waals surface area contributed by atoms with Crippen molar-refractivity contribution in [2.45, 2.75) is 19.2 Å². The van der Waals surface area contributed by atoms with Gasteiger partial charge in [-0.15, -0.1) is 11.8 Å². The van der Waals surface area contributed by atoms with Gasteiger partial charge in [0.25, 0.3) is 5.56 Å². The third-order valence-corrected chi connectivity index (χ3v) is 4.88. The maximum absolute atomic E-state index is 13.4. The minimum absolute atomic E-state index is 0.0213. The topological polar surface area (TPSA) is 81.3 Å². The molecule has 0 atom stereocenters. The third kappa shape index (κ3) is 3.02. The van der Waals surface area contributed by atoms with E-state index in [0.717, 1.165) is 33.0 Å². The van der Waals surface area contributed by atoms with E-state index >= 15 is 0 Å². The lowest BCUT2D eigenvalue weighted by atomic mass is 10.2. The quantitative estimate of drug-likeness (QED) is 0.896. The fourth-order valence-electron chi connectivity index (χ4n) is 2.53. The molecule has 130 valence electrons. The first-order valence-electron chi connectivity index (χ1n) is 7.16. The average Bonchev–Trinajstić information content (AvgIpc) is 2.59. The zero-order valence-electron chi connectivity index (χ0n) is 13.0. The van der Waals surface area contributed by atoms with Crippen molar-refractivity contribution < 1.29 is 18.7 Å². The lowest BCUT2D eigenvalue weighted by Gasteiger charge is -2.19. The minimum Gasteiger partial charge on any atom is -0.477 e. The van der Waals surface area contributed by atoms with Gasteiger partial charge in [-0.2, -0.15) is 0 Å². The fourth-order valence-corrected chi connectivity index (χ4v) is 3.48. The van der Waals surface area contributed by atoms with Gasteiger partial charge in [-0.3, -0.25) is 13.9 Å². The van der Waals surface area contributed by atoms with Crippen LogP contribution in [0.5, 0.6) is 0 Å². The second-order valence-corrected chi connectivity index (χ2v) is 6.47. The van der Waals surface area contributed by atoms with Crippen LogP contribution in [0.25, 0.3) is 6.20 Å². The molecule has 1 aromatic heterocycles. The monoisotopic (exact) mass is 366 g/mol. The summed E-state index contributed by atoms with van der Waals surface area (Å²) in [6.07, 6.45) is 1.17. The number of aromatic nitrogens is 2. The van der Waals surface area contributed by atoms with Crippen LogP contribution in [0, 0.1) is 18.6 Å². The molecule has 2 heterocycles. The fraction of sp³-hybridized carbons (Fsp3) is 0.188. The van der Waals surface area contributed by atoms with Crippen LogP contribution in [0.15, 0.2) is 32.7 Å². The highest BCUT2D eigenvalue weighted by atomic mass is 32.2. The van der Waals surface area contributed by atoms with E-state index in [9.17, 15) is 23.2 Å². The highest BCUT2D eigenvalue weighted by molar-refractivity contribution is 8.03. The van der Waals surface area contributed by atoms with Gasteiger partial charge in [0.05, 0.1) is 6.54 Å². The molecule has 0 amide bonds. The molecule has 0 aliphatic carbocycles. The Bertz CT molecular complexity index is 1040. The molecule has 3 rings (SSSR count). The average molecular weight is 366 g/mol. The number of carboxylic acids is 1. The summed E-state index contributed by atoms with van der Waals surface area (Å²) >= 11 is 1.02. The number of benzene rings is 1. The molecule has 1 N–H and O–H groups in total. The molecule has 0 spiro atoms. The lowest BCUT2D eigenvalue weighted by Crippen LogP contribution is -2.42. The van der Waals surface area contributed by atoms with E-state index in [-0.39, 0.29) is 22.8 Å². The Hall–Kier alpha value is -2.68. The number of hydrogen-bond acceptors (Lipinski definition) is 4. The van der Waals surface area contributed by atoms with Crippen molar-refractivity contribution in [3.05, 3.63) is 72.4 Å². The molecular weight excluding hydrogens is 354 g/mol. The zero-order valence-corrected chi connectivity index (χ0v) is 13.8. The Balaban J connectivity index is 2.16. The number of aliphatic carboxylic acids is 1. The normalized spacial score (nSPS) is 13.3. The van der Waals surface area contributed by atoms with Gasteiger partial charge in [0.2, 0.25) is 0 Å². The molecule has 1 aliphatic heterocycles. The summed E-state index contributed by atoms with van der Waals surface area (Å²) in [5.41, 5.74) is -0.310. The van der Waals surface area contributed by atoms with E-state index in [1.165, 1.54) is 19.2 Å². The maximum atomic E-state index is 13.4. The van der Waals surface area contributed by atoms with Crippen molar-refractivity contribution in [2.24, 2.45) is 0 Å². The van der Waals surface area contributed by atoms with Gasteiger partial charge in [-0.1, -0.05) is 6.07 Å². The Morgan fingerprint density at radius 1 is 1.28 bits per heavy atom. The number of fused-ring (bicyclic) bond motifs is 1. The van der Waals surface area contributed by atoms with E-state index < -0.39 is 28.9 Å². The first-order valence-corrected chi connectivity index (χ1v) is 8.15. The van der Waals surface area contributed by atoms with Crippen LogP contribution in [-0.2, 0) is 17.1 Å². The van der Waals surface area contributed by atoms with Crippen LogP contribution < -0.4 is 11.2 Å². The SMILES string of the molecule is Cc1c2n(c(=O)n(Cc3ccc(F)c(F)c3)c1=O)C=C(C(=O)O)SC2. The molecule has 25 heavy (non-hydrogen) atoms. The maximum Gasteiger partial charge on any atom is 0.343 e. The number of halogens is 2. The number of nitrogens with zero attached hydrogens (tertiary/aromatic N) is 2. The second kappa shape index (κ2) is 6.32. The highest BCUT2D eigenvalue weighted by Gasteiger charge is 2.22. The smallest absolute Gasteiger partial charge is 0.343 e. The van der Waals surface area contributed by atoms with E-state index in [2.05, 4.69) is 0 Å². The second-order valence-electron chi connectivity index (χ2n) is 5.45. The van der Waals surface area contributed by atoms with Gasteiger partial charge in [0.15, 0.2) is 11.6 Å². The number of thioether (sulfide) groups is 1. The molecule has 0 saturated carbocycles. The Kier molecular flexibility index (Phi) is 4.34. The van der Waals surface area contributed by atoms with Crippen molar-refractivity contribution >= 4 is 23.9 Å². The van der Waals surface area contributed by atoms with Crippen LogP contribution in [0.2, 0.25) is 0 Å². The summed E-state index contributed by atoms with van der Waals surface area (Å²) in [5, 5.41) is 9.09. The number of carbonyl (C=O) groups is 1. The molecule has 1 aromatic carbocycles. The summed E-state index contributed by atoms with van der Waals surface area (Å²) in [7, 11) is 0. The molecule has 0 bridgehead atoms. The molecule has 1 aliphatic rings. The van der Waals surface area contributed by atoms with Crippen molar-refractivity contribution in [3.63, 3.8) is 0 Å². The molecule has 0 unspecified atom stereocenters. The van der Waals surface area contributed by atoms with Crippen LogP contribution in [0.3, 0.4) is 0 Å². The van der Waals surface area contributed by atoms with Crippen LogP contribution in [0.4, 0.5) is 8.78 Å². The summed E-state index contributed by atoms with van der Waals surface area (Å²) in [6.45, 7) is 1.29. The van der Waals surface area contributed by atoms with E-state index in [1.54, 1.807) is 0 Å². The molecule has 0 fully saturated rings. The molecule has 2 aromatic rings. The molecule has 6 nitrogen and oxygen atoms in total. The van der Waals surface area contributed by atoms with Gasteiger partial charge >= 0.3 is 11.7 Å². The summed E-state index contributed by atoms with van der Waals surface area (Å²) in [6, 6.07) is 3.10. The number of carboxylic acid groups (broad SMARTS) is 1. The van der Waals surface area contributed by atoms with Gasteiger partial charge < -0.3 is 5.11 Å². The third-order valence-electron chi connectivity index (χ3n) is 3.87. The Labute approximate surface area is 144 Å². The van der Waals surface area contributed by atoms with E-state index in [0.29, 0.717) is 11.3 Å². The number of rotatable bonds is 3. The Morgan fingerprint density at radius 2 is 2.00 bits per heavy atom. The predicted molar refractivity (Wildman–Crippen MR) is 88.4 cm³/mol. The highest BCUT2D eigenvalue weighted by Crippen LogP contribution is 2.27. The van der Waals surface area contributed by atoms with Crippen LogP contribution >= 0.6 is 11.8 Å². The molecular formula is C16H12F2N2O4S. The zero-order chi connectivity index (χ0) is 18.3. The molecule has 0 saturated heterocycles. The molecule has 9 heteroatoms. The summed E-state index contributed by atoms with van der Waals surface area (Å²) < 4.78 is 28.4. The first-order chi connectivity index (χ1) is 11.8.